The molecule has 5 rings (SSSR count). The lowest BCUT2D eigenvalue weighted by atomic mass is 9.88. The molecule has 0 saturated heterocycles. The third-order valence-electron chi connectivity index (χ3n) is 9.05. The summed E-state index contributed by atoms with van der Waals surface area (Å²) in [6.45, 7) is 19.2. The van der Waals surface area contributed by atoms with Crippen LogP contribution in [0.4, 0.5) is 17.1 Å². The van der Waals surface area contributed by atoms with Crippen LogP contribution in [-0.4, -0.2) is 26.2 Å². The van der Waals surface area contributed by atoms with Gasteiger partial charge in [0.15, 0.2) is 0 Å². The van der Waals surface area contributed by atoms with Gasteiger partial charge in [-0.15, -0.1) is 0 Å². The minimum atomic E-state index is 0.905. The Morgan fingerprint density at radius 2 is 0.889 bits per heavy atom. The number of aryl methyl sites for hydroxylation is 2. The average Bonchev–Trinajstić information content (AvgIpc) is 3.07. The third-order valence-corrected chi connectivity index (χ3v) is 9.05. The van der Waals surface area contributed by atoms with Gasteiger partial charge >= 0.3 is 0 Å². The summed E-state index contributed by atoms with van der Waals surface area (Å²) in [5.74, 6) is 0. The summed E-state index contributed by atoms with van der Waals surface area (Å²) < 4.78 is 0. The SMILES string of the molecule is CCN(Cc1ccccc1)c1ccc(-c2cccc(N(CC)CC)c2-c2ccc(N(CC)Cc3ccccc3)cc2C)c(C)c1. The molecule has 5 aromatic carbocycles. The fourth-order valence-corrected chi connectivity index (χ4v) is 6.53. The van der Waals surface area contributed by atoms with Crippen LogP contribution < -0.4 is 14.7 Å². The van der Waals surface area contributed by atoms with E-state index in [1.54, 1.807) is 0 Å². The molecule has 0 aliphatic carbocycles. The van der Waals surface area contributed by atoms with E-state index < -0.39 is 0 Å². The standard InChI is InChI=1S/C42H49N3/c1-7-43(8-2)41-23-17-22-40(38-26-24-36(28-32(38)5)44(9-3)30-34-18-13-11-14-19-34)42(41)39-27-25-37(29-33(39)6)45(10-4)31-35-20-15-12-16-21-35/h11-29H,7-10,30-31H2,1-6H3. The summed E-state index contributed by atoms with van der Waals surface area (Å²) in [5, 5.41) is 0. The Labute approximate surface area is 271 Å². The van der Waals surface area contributed by atoms with Gasteiger partial charge < -0.3 is 14.7 Å². The zero-order valence-corrected chi connectivity index (χ0v) is 28.1. The van der Waals surface area contributed by atoms with Crippen molar-refractivity contribution in [1.29, 1.82) is 0 Å². The second-order valence-electron chi connectivity index (χ2n) is 11.9. The number of hydrogen-bond acceptors (Lipinski definition) is 3. The Balaban J connectivity index is 1.56. The molecule has 3 nitrogen and oxygen atoms in total. The first-order valence-corrected chi connectivity index (χ1v) is 16.6. The van der Waals surface area contributed by atoms with E-state index >= 15 is 0 Å². The summed E-state index contributed by atoms with van der Waals surface area (Å²) in [7, 11) is 0. The van der Waals surface area contributed by atoms with Gasteiger partial charge in [0.25, 0.3) is 0 Å². The van der Waals surface area contributed by atoms with Crippen LogP contribution in [0, 0.1) is 13.8 Å². The van der Waals surface area contributed by atoms with E-state index in [4.69, 9.17) is 0 Å². The van der Waals surface area contributed by atoms with Gasteiger partial charge in [0.2, 0.25) is 0 Å². The first-order valence-electron chi connectivity index (χ1n) is 16.6. The molecule has 0 heterocycles. The molecule has 232 valence electrons. The Kier molecular flexibility index (Phi) is 10.6. The molecule has 0 unspecified atom stereocenters. The van der Waals surface area contributed by atoms with Crippen LogP contribution in [0.1, 0.15) is 49.9 Å². The molecular weight excluding hydrogens is 546 g/mol. The number of rotatable bonds is 13. The van der Waals surface area contributed by atoms with Crippen LogP contribution in [0.25, 0.3) is 22.3 Å². The van der Waals surface area contributed by atoms with E-state index in [0.717, 1.165) is 39.3 Å². The molecule has 0 spiro atoms. The van der Waals surface area contributed by atoms with E-state index in [2.05, 4.69) is 172 Å². The van der Waals surface area contributed by atoms with Crippen molar-refractivity contribution in [1.82, 2.24) is 0 Å². The van der Waals surface area contributed by atoms with Crippen LogP contribution in [0.15, 0.2) is 115 Å². The Morgan fingerprint density at radius 1 is 0.422 bits per heavy atom. The summed E-state index contributed by atoms with van der Waals surface area (Å²) in [6.07, 6.45) is 0. The van der Waals surface area contributed by atoms with E-state index in [9.17, 15) is 0 Å². The zero-order chi connectivity index (χ0) is 31.8. The molecule has 0 aliphatic rings. The van der Waals surface area contributed by atoms with Gasteiger partial charge in [-0.1, -0.05) is 84.9 Å². The summed E-state index contributed by atoms with van der Waals surface area (Å²) >= 11 is 0. The maximum Gasteiger partial charge on any atom is 0.0452 e. The first kappa shape index (κ1) is 31.9. The average molecular weight is 596 g/mol. The molecule has 0 fully saturated rings. The van der Waals surface area contributed by atoms with Crippen molar-refractivity contribution < 1.29 is 0 Å². The maximum atomic E-state index is 2.49. The number of nitrogens with zero attached hydrogens (tertiary/aromatic N) is 3. The van der Waals surface area contributed by atoms with Crippen molar-refractivity contribution in [2.75, 3.05) is 40.9 Å². The summed E-state index contributed by atoms with van der Waals surface area (Å²) in [5.41, 5.74) is 14.3. The fourth-order valence-electron chi connectivity index (χ4n) is 6.53. The number of anilines is 3. The Hall–Kier alpha value is -4.50. The lowest BCUT2D eigenvalue weighted by Gasteiger charge is -2.29. The second-order valence-corrected chi connectivity index (χ2v) is 11.9. The first-order chi connectivity index (χ1) is 22.0. The van der Waals surface area contributed by atoms with Gasteiger partial charge in [-0.3, -0.25) is 0 Å². The van der Waals surface area contributed by atoms with Crippen molar-refractivity contribution in [2.24, 2.45) is 0 Å². The highest BCUT2D eigenvalue weighted by Crippen LogP contribution is 2.43. The second kappa shape index (κ2) is 15.0. The lowest BCUT2D eigenvalue weighted by Crippen LogP contribution is -2.23. The molecule has 3 heteroatoms. The topological polar surface area (TPSA) is 9.72 Å². The van der Waals surface area contributed by atoms with Crippen molar-refractivity contribution >= 4 is 17.1 Å². The van der Waals surface area contributed by atoms with Crippen LogP contribution in [0.2, 0.25) is 0 Å². The summed E-state index contributed by atoms with van der Waals surface area (Å²) in [6, 6.07) is 42.4. The summed E-state index contributed by atoms with van der Waals surface area (Å²) in [4.78, 5) is 7.40. The monoisotopic (exact) mass is 595 g/mol. The molecule has 0 amide bonds. The van der Waals surface area contributed by atoms with Gasteiger partial charge in [0.05, 0.1) is 0 Å². The van der Waals surface area contributed by atoms with Crippen LogP contribution in [0.3, 0.4) is 0 Å². The molecule has 45 heavy (non-hydrogen) atoms. The smallest absolute Gasteiger partial charge is 0.0452 e. The molecule has 0 N–H and O–H groups in total. The maximum absolute atomic E-state index is 2.49. The van der Waals surface area contributed by atoms with Crippen molar-refractivity contribution in [2.45, 2.75) is 54.6 Å². The number of benzene rings is 5. The predicted octanol–water partition coefficient (Wildman–Crippen LogP) is 10.5. The highest BCUT2D eigenvalue weighted by atomic mass is 15.1. The van der Waals surface area contributed by atoms with Gasteiger partial charge in [0, 0.05) is 61.9 Å². The van der Waals surface area contributed by atoms with Crippen LogP contribution in [-0.2, 0) is 13.1 Å². The largest absolute Gasteiger partial charge is 0.372 e. The highest BCUT2D eigenvalue weighted by Gasteiger charge is 2.20. The normalized spacial score (nSPS) is 11.0. The highest BCUT2D eigenvalue weighted by molar-refractivity contribution is 5.95. The van der Waals surface area contributed by atoms with E-state index in [1.807, 2.05) is 0 Å². The predicted molar refractivity (Wildman–Crippen MR) is 197 cm³/mol. The van der Waals surface area contributed by atoms with Gasteiger partial charge in [-0.2, -0.15) is 0 Å². The van der Waals surface area contributed by atoms with Crippen LogP contribution >= 0.6 is 0 Å². The molecule has 0 radical (unpaired) electrons. The van der Waals surface area contributed by atoms with Crippen molar-refractivity contribution in [3.8, 4) is 22.3 Å². The quantitative estimate of drug-likeness (QED) is 0.134. The van der Waals surface area contributed by atoms with Crippen molar-refractivity contribution in [3.05, 3.63) is 138 Å². The molecule has 0 atom stereocenters. The minimum Gasteiger partial charge on any atom is -0.372 e. The Morgan fingerprint density at radius 3 is 1.33 bits per heavy atom. The molecule has 0 aliphatic heterocycles. The molecule has 0 bridgehead atoms. The molecule has 0 aromatic heterocycles. The number of hydrogen-bond donors (Lipinski definition) is 0. The van der Waals surface area contributed by atoms with Gasteiger partial charge in [0.1, 0.15) is 0 Å². The minimum absolute atomic E-state index is 0.905. The fraction of sp³-hybridized carbons (Fsp3) is 0.286. The molecule has 5 aromatic rings. The van der Waals surface area contributed by atoms with E-state index in [-0.39, 0.29) is 0 Å². The van der Waals surface area contributed by atoms with E-state index in [1.165, 1.54) is 61.6 Å². The molecule has 0 saturated carbocycles. The van der Waals surface area contributed by atoms with Gasteiger partial charge in [-0.05, 0) is 111 Å². The third kappa shape index (κ3) is 7.26. The van der Waals surface area contributed by atoms with Crippen LogP contribution in [0.5, 0.6) is 0 Å². The Bertz CT molecular complexity index is 1670. The molecular formula is C42H49N3. The van der Waals surface area contributed by atoms with Crippen molar-refractivity contribution in [3.63, 3.8) is 0 Å². The van der Waals surface area contributed by atoms with E-state index in [0.29, 0.717) is 0 Å². The van der Waals surface area contributed by atoms with Gasteiger partial charge in [-0.25, -0.2) is 0 Å². The zero-order valence-electron chi connectivity index (χ0n) is 28.1. The lowest BCUT2D eigenvalue weighted by molar-refractivity contribution is 0.831.